The first-order valence-electron chi connectivity index (χ1n) is 14.5. The van der Waals surface area contributed by atoms with Gasteiger partial charge in [0.25, 0.3) is 23.6 Å². The Morgan fingerprint density at radius 1 is 0.591 bits per heavy atom. The smallest absolute Gasteiger partial charge is 0.255 e. The lowest BCUT2D eigenvalue weighted by Gasteiger charge is -2.13. The Kier molecular flexibility index (Phi) is 9.28. The van der Waals surface area contributed by atoms with Gasteiger partial charge >= 0.3 is 0 Å². The summed E-state index contributed by atoms with van der Waals surface area (Å²) in [5.74, 6) is 0.0176. The van der Waals surface area contributed by atoms with Gasteiger partial charge in [-0.1, -0.05) is 0 Å². The van der Waals surface area contributed by atoms with Crippen LogP contribution in [0.1, 0.15) is 66.4 Å². The molecule has 2 aliphatic rings. The zero-order chi connectivity index (χ0) is 31.1. The second-order valence-corrected chi connectivity index (χ2v) is 10.1. The third kappa shape index (κ3) is 7.09. The molecule has 0 spiro atoms. The summed E-state index contributed by atoms with van der Waals surface area (Å²) in [5, 5.41) is 17.6. The fourth-order valence-electron chi connectivity index (χ4n) is 4.82. The molecule has 0 unspecified atom stereocenters. The maximum absolute atomic E-state index is 13.1. The molecule has 0 atom stereocenters. The molecular formula is C32H34N8O4. The van der Waals surface area contributed by atoms with Crippen molar-refractivity contribution < 1.29 is 19.2 Å². The Balaban J connectivity index is 1.31. The number of amidine groups is 2. The quantitative estimate of drug-likeness (QED) is 0.211. The fourth-order valence-corrected chi connectivity index (χ4v) is 4.82. The monoisotopic (exact) mass is 594 g/mol. The van der Waals surface area contributed by atoms with Gasteiger partial charge in [-0.05, 0) is 74.5 Å². The van der Waals surface area contributed by atoms with Gasteiger partial charge in [0.15, 0.2) is 0 Å². The number of carbonyl (C=O) groups excluding carboxylic acids is 4. The molecule has 5 rings (SSSR count). The maximum Gasteiger partial charge on any atom is 0.255 e. The topological polar surface area (TPSA) is 165 Å². The van der Waals surface area contributed by atoms with Crippen molar-refractivity contribution >= 4 is 46.7 Å². The van der Waals surface area contributed by atoms with Crippen LogP contribution in [-0.4, -0.2) is 74.6 Å². The Labute approximate surface area is 254 Å². The average Bonchev–Trinajstić information content (AvgIpc) is 3.77. The van der Waals surface area contributed by atoms with E-state index in [-0.39, 0.29) is 11.8 Å². The van der Waals surface area contributed by atoms with Crippen molar-refractivity contribution in [2.45, 2.75) is 13.8 Å². The molecule has 2 heterocycles. The number of carbonyl (C=O) groups is 4. The molecular weight excluding hydrogens is 560 g/mol. The molecule has 226 valence electrons. The second kappa shape index (κ2) is 13.6. The number of rotatable bonds is 10. The summed E-state index contributed by atoms with van der Waals surface area (Å²) < 4.78 is 0. The Bertz CT molecular complexity index is 1540. The fraction of sp³-hybridized carbons (Fsp3) is 0.250. The molecule has 0 radical (unpaired) electrons. The van der Waals surface area contributed by atoms with Crippen molar-refractivity contribution in [2.24, 2.45) is 9.98 Å². The third-order valence-corrected chi connectivity index (χ3v) is 6.89. The molecule has 12 heteroatoms. The summed E-state index contributed by atoms with van der Waals surface area (Å²) in [6.45, 7) is 7.28. The van der Waals surface area contributed by atoms with Crippen LogP contribution in [0.15, 0.2) is 70.6 Å². The van der Waals surface area contributed by atoms with Gasteiger partial charge in [0.2, 0.25) is 0 Å². The molecule has 0 saturated heterocycles. The van der Waals surface area contributed by atoms with Crippen LogP contribution in [0.5, 0.6) is 0 Å². The minimum atomic E-state index is -0.401. The van der Waals surface area contributed by atoms with Gasteiger partial charge in [0.1, 0.15) is 11.7 Å². The van der Waals surface area contributed by atoms with E-state index in [9.17, 15) is 19.2 Å². The van der Waals surface area contributed by atoms with Crippen LogP contribution in [0, 0.1) is 0 Å². The number of benzene rings is 3. The molecule has 3 aromatic carbocycles. The van der Waals surface area contributed by atoms with Crippen LogP contribution in [-0.2, 0) is 0 Å². The summed E-state index contributed by atoms with van der Waals surface area (Å²) in [5.41, 5.74) is 3.73. The number of anilines is 2. The summed E-state index contributed by atoms with van der Waals surface area (Å²) in [6, 6.07) is 16.4. The van der Waals surface area contributed by atoms with E-state index in [2.05, 4.69) is 41.9 Å². The van der Waals surface area contributed by atoms with E-state index in [1.54, 1.807) is 60.7 Å². The van der Waals surface area contributed by atoms with E-state index in [4.69, 9.17) is 0 Å². The minimum Gasteiger partial charge on any atom is -0.368 e. The van der Waals surface area contributed by atoms with Crippen LogP contribution < -0.4 is 31.9 Å². The predicted molar refractivity (Wildman–Crippen MR) is 170 cm³/mol. The number of nitrogens with one attached hydrogen (secondary N) is 6. The first-order valence-corrected chi connectivity index (χ1v) is 14.5. The van der Waals surface area contributed by atoms with Crippen molar-refractivity contribution in [1.82, 2.24) is 21.3 Å². The van der Waals surface area contributed by atoms with Crippen LogP contribution in [0.25, 0.3) is 0 Å². The van der Waals surface area contributed by atoms with Crippen molar-refractivity contribution in [3.05, 3.63) is 94.0 Å². The SMILES string of the molecule is CCNC(=O)c1cc(NC(=O)c2ccc(C(=O)Nc3cc(C(=O)NCC)cc(C4=NCCN4)c3)cc2)cc(C2=NCCN2)c1. The largest absolute Gasteiger partial charge is 0.368 e. The zero-order valence-electron chi connectivity index (χ0n) is 24.5. The number of hydrogen-bond donors (Lipinski definition) is 6. The minimum absolute atomic E-state index is 0.255. The van der Waals surface area contributed by atoms with Gasteiger partial charge in [0.05, 0.1) is 13.1 Å². The number of hydrogen-bond acceptors (Lipinski definition) is 8. The lowest BCUT2D eigenvalue weighted by Crippen LogP contribution is -2.25. The van der Waals surface area contributed by atoms with Crippen molar-refractivity contribution in [2.75, 3.05) is 49.9 Å². The Morgan fingerprint density at radius 3 is 1.34 bits per heavy atom. The highest BCUT2D eigenvalue weighted by molar-refractivity contribution is 6.10. The number of nitrogens with zero attached hydrogens (tertiary/aromatic N) is 2. The summed E-state index contributed by atoms with van der Waals surface area (Å²) in [7, 11) is 0. The van der Waals surface area contributed by atoms with Gasteiger partial charge < -0.3 is 31.9 Å². The Morgan fingerprint density at radius 2 is 1.00 bits per heavy atom. The van der Waals surface area contributed by atoms with Crippen molar-refractivity contribution in [3.63, 3.8) is 0 Å². The molecule has 0 fully saturated rings. The predicted octanol–water partition coefficient (Wildman–Crippen LogP) is 2.39. The molecule has 0 saturated carbocycles. The van der Waals surface area contributed by atoms with Gasteiger partial charge in [-0.25, -0.2) is 0 Å². The maximum atomic E-state index is 13.1. The normalized spacial score (nSPS) is 13.6. The van der Waals surface area contributed by atoms with Crippen molar-refractivity contribution in [1.29, 1.82) is 0 Å². The summed E-state index contributed by atoms with van der Waals surface area (Å²) in [4.78, 5) is 60.3. The van der Waals surface area contributed by atoms with E-state index < -0.39 is 11.8 Å². The summed E-state index contributed by atoms with van der Waals surface area (Å²) >= 11 is 0. The average molecular weight is 595 g/mol. The zero-order valence-corrected chi connectivity index (χ0v) is 24.5. The first-order chi connectivity index (χ1) is 21.3. The highest BCUT2D eigenvalue weighted by Gasteiger charge is 2.18. The first kappa shape index (κ1) is 30.0. The van der Waals surface area contributed by atoms with E-state index in [0.29, 0.717) is 95.7 Å². The van der Waals surface area contributed by atoms with Gasteiger partial charge in [-0.2, -0.15) is 0 Å². The highest BCUT2D eigenvalue weighted by Crippen LogP contribution is 2.20. The van der Waals surface area contributed by atoms with E-state index in [1.807, 2.05) is 13.8 Å². The third-order valence-electron chi connectivity index (χ3n) is 6.89. The molecule has 0 aliphatic carbocycles. The lowest BCUT2D eigenvalue weighted by atomic mass is 10.1. The van der Waals surface area contributed by atoms with E-state index in [0.717, 1.165) is 0 Å². The van der Waals surface area contributed by atoms with Gasteiger partial charge in [-0.3, -0.25) is 29.2 Å². The van der Waals surface area contributed by atoms with Crippen LogP contribution >= 0.6 is 0 Å². The standard InChI is InChI=1S/C32H34N8O4/c1-3-33-29(41)23-13-21(27-35-9-10-36-27)15-25(17-23)39-31(43)19-5-7-20(8-6-19)32(44)40-26-16-22(28-37-11-12-38-28)14-24(18-26)30(42)34-4-2/h5-8,13-18H,3-4,9-12H2,1-2H3,(H,33,41)(H,34,42)(H,35,36)(H,37,38)(H,39,43)(H,40,44). The number of aliphatic imine (C=N–C) groups is 2. The Hall–Kier alpha value is -5.52. The highest BCUT2D eigenvalue weighted by atomic mass is 16.2. The molecule has 12 nitrogen and oxygen atoms in total. The van der Waals surface area contributed by atoms with Crippen LogP contribution in [0.2, 0.25) is 0 Å². The van der Waals surface area contributed by atoms with Gasteiger partial charge in [-0.15, -0.1) is 0 Å². The second-order valence-electron chi connectivity index (χ2n) is 10.1. The molecule has 44 heavy (non-hydrogen) atoms. The molecule has 0 bridgehead atoms. The molecule has 0 aromatic heterocycles. The van der Waals surface area contributed by atoms with Gasteiger partial charge in [0, 0.05) is 70.9 Å². The van der Waals surface area contributed by atoms with E-state index >= 15 is 0 Å². The van der Waals surface area contributed by atoms with Crippen LogP contribution in [0.3, 0.4) is 0 Å². The van der Waals surface area contributed by atoms with E-state index in [1.165, 1.54) is 0 Å². The molecule has 6 N–H and O–H groups in total. The van der Waals surface area contributed by atoms with Crippen LogP contribution in [0.4, 0.5) is 11.4 Å². The summed E-state index contributed by atoms with van der Waals surface area (Å²) in [6.07, 6.45) is 0. The lowest BCUT2D eigenvalue weighted by molar-refractivity contribution is 0.0947. The number of amides is 4. The molecule has 4 amide bonds. The van der Waals surface area contributed by atoms with Crippen molar-refractivity contribution in [3.8, 4) is 0 Å². The molecule has 2 aliphatic heterocycles. The molecule has 3 aromatic rings.